The van der Waals surface area contributed by atoms with Gasteiger partial charge in [0.15, 0.2) is 0 Å². The molecule has 144 valence electrons. The second-order valence-corrected chi connectivity index (χ2v) is 6.26. The molecule has 0 saturated carbocycles. The smallest absolute Gasteiger partial charge is 0.260 e. The summed E-state index contributed by atoms with van der Waals surface area (Å²) in [5.41, 5.74) is 2.74. The minimum atomic E-state index is -0.146. The molecule has 0 aliphatic heterocycles. The van der Waals surface area contributed by atoms with Gasteiger partial charge in [-0.25, -0.2) is 0 Å². The molecule has 1 amide bonds. The van der Waals surface area contributed by atoms with Crippen molar-refractivity contribution >= 4 is 11.6 Å². The van der Waals surface area contributed by atoms with Gasteiger partial charge in [-0.3, -0.25) is 9.78 Å². The maximum atomic E-state index is 12.5. The molecular weight excluding hydrogens is 368 g/mol. The molecule has 2 aromatic carbocycles. The normalized spacial score (nSPS) is 10.5. The summed E-state index contributed by atoms with van der Waals surface area (Å²) in [6, 6.07) is 20.2. The number of hydrogen-bond acceptors (Lipinski definition) is 6. The van der Waals surface area contributed by atoms with Crippen LogP contribution in [0, 0.1) is 0 Å². The summed E-state index contributed by atoms with van der Waals surface area (Å²) in [6.45, 7) is 0. The van der Waals surface area contributed by atoms with E-state index >= 15 is 0 Å². The largest absolute Gasteiger partial charge is 0.497 e. The number of methoxy groups -OCH3 is 1. The number of rotatable bonds is 6. The molecule has 7 nitrogen and oxygen atoms in total. The van der Waals surface area contributed by atoms with E-state index in [1.807, 2.05) is 54.6 Å². The van der Waals surface area contributed by atoms with Gasteiger partial charge < -0.3 is 14.6 Å². The Morgan fingerprint density at radius 3 is 2.59 bits per heavy atom. The minimum absolute atomic E-state index is 0.146. The summed E-state index contributed by atoms with van der Waals surface area (Å²) >= 11 is 0. The van der Waals surface area contributed by atoms with Crippen LogP contribution < -0.4 is 10.1 Å². The number of aromatic nitrogens is 3. The third kappa shape index (κ3) is 4.30. The highest BCUT2D eigenvalue weighted by Gasteiger charge is 2.16. The monoisotopic (exact) mass is 386 g/mol. The van der Waals surface area contributed by atoms with Crippen molar-refractivity contribution in [3.63, 3.8) is 0 Å². The third-order valence-corrected chi connectivity index (χ3v) is 4.28. The van der Waals surface area contributed by atoms with Crippen molar-refractivity contribution in [2.75, 3.05) is 12.4 Å². The quantitative estimate of drug-likeness (QED) is 0.539. The van der Waals surface area contributed by atoms with Crippen LogP contribution in [0.1, 0.15) is 5.56 Å². The van der Waals surface area contributed by atoms with Crippen LogP contribution in [-0.4, -0.2) is 28.1 Å². The molecule has 0 atom stereocenters. The molecule has 0 aliphatic carbocycles. The van der Waals surface area contributed by atoms with E-state index in [4.69, 9.17) is 9.26 Å². The Morgan fingerprint density at radius 1 is 1.03 bits per heavy atom. The number of pyridine rings is 1. The zero-order valence-corrected chi connectivity index (χ0v) is 15.7. The zero-order valence-electron chi connectivity index (χ0n) is 15.7. The predicted molar refractivity (Wildman–Crippen MR) is 108 cm³/mol. The molecule has 29 heavy (non-hydrogen) atoms. The van der Waals surface area contributed by atoms with Crippen LogP contribution >= 0.6 is 0 Å². The Hall–Kier alpha value is -4.00. The molecule has 2 aromatic heterocycles. The number of carbonyl (C=O) groups is 1. The second kappa shape index (κ2) is 8.35. The molecular formula is C22H18N4O3. The average Bonchev–Trinajstić information content (AvgIpc) is 3.25. The van der Waals surface area contributed by atoms with Gasteiger partial charge in [-0.05, 0) is 42.0 Å². The van der Waals surface area contributed by atoms with E-state index in [0.29, 0.717) is 28.7 Å². The van der Waals surface area contributed by atoms with Gasteiger partial charge in [0.1, 0.15) is 11.4 Å². The SMILES string of the molecule is COc1ccc(CC(=O)Nc2ccccc2-c2nc(-c3ccccn3)no2)cc1. The van der Waals surface area contributed by atoms with E-state index in [1.54, 1.807) is 25.4 Å². The van der Waals surface area contributed by atoms with Crippen molar-refractivity contribution in [1.82, 2.24) is 15.1 Å². The van der Waals surface area contributed by atoms with Crippen molar-refractivity contribution in [3.05, 3.63) is 78.5 Å². The number of para-hydroxylation sites is 1. The lowest BCUT2D eigenvalue weighted by Gasteiger charge is -2.09. The lowest BCUT2D eigenvalue weighted by molar-refractivity contribution is -0.115. The van der Waals surface area contributed by atoms with Crippen LogP contribution in [-0.2, 0) is 11.2 Å². The molecule has 0 aliphatic rings. The van der Waals surface area contributed by atoms with Gasteiger partial charge in [0, 0.05) is 6.20 Å². The topological polar surface area (TPSA) is 90.1 Å². The fraction of sp³-hybridized carbons (Fsp3) is 0.0909. The first kappa shape index (κ1) is 18.4. The van der Waals surface area contributed by atoms with Crippen LogP contribution in [0.5, 0.6) is 5.75 Å². The molecule has 0 saturated heterocycles. The molecule has 4 aromatic rings. The molecule has 0 fully saturated rings. The van der Waals surface area contributed by atoms with E-state index in [1.165, 1.54) is 0 Å². The van der Waals surface area contributed by atoms with E-state index < -0.39 is 0 Å². The Bertz CT molecular complexity index is 1110. The van der Waals surface area contributed by atoms with Crippen molar-refractivity contribution in [2.24, 2.45) is 0 Å². The lowest BCUT2D eigenvalue weighted by atomic mass is 10.1. The van der Waals surface area contributed by atoms with Crippen LogP contribution in [0.3, 0.4) is 0 Å². The molecule has 0 spiro atoms. The number of amides is 1. The molecule has 1 N–H and O–H groups in total. The summed E-state index contributed by atoms with van der Waals surface area (Å²) in [4.78, 5) is 21.2. The van der Waals surface area contributed by atoms with Gasteiger partial charge in [-0.1, -0.05) is 35.5 Å². The summed E-state index contributed by atoms with van der Waals surface area (Å²) in [5, 5.41) is 6.92. The molecule has 2 heterocycles. The first-order valence-corrected chi connectivity index (χ1v) is 9.00. The molecule has 7 heteroatoms. The number of anilines is 1. The number of ether oxygens (including phenoxy) is 1. The van der Waals surface area contributed by atoms with Crippen molar-refractivity contribution in [3.8, 4) is 28.7 Å². The van der Waals surface area contributed by atoms with Crippen molar-refractivity contribution in [2.45, 2.75) is 6.42 Å². The second-order valence-electron chi connectivity index (χ2n) is 6.26. The molecule has 0 radical (unpaired) electrons. The van der Waals surface area contributed by atoms with Gasteiger partial charge in [0.05, 0.1) is 24.8 Å². The van der Waals surface area contributed by atoms with Crippen LogP contribution in [0.25, 0.3) is 23.0 Å². The van der Waals surface area contributed by atoms with E-state index in [9.17, 15) is 4.79 Å². The first-order valence-electron chi connectivity index (χ1n) is 9.00. The Labute approximate surface area is 167 Å². The highest BCUT2D eigenvalue weighted by Crippen LogP contribution is 2.28. The fourth-order valence-electron chi connectivity index (χ4n) is 2.83. The fourth-order valence-corrected chi connectivity index (χ4v) is 2.83. The van der Waals surface area contributed by atoms with Gasteiger partial charge >= 0.3 is 0 Å². The Balaban J connectivity index is 1.52. The molecule has 0 bridgehead atoms. The third-order valence-electron chi connectivity index (χ3n) is 4.28. The summed E-state index contributed by atoms with van der Waals surface area (Å²) in [7, 11) is 1.61. The number of nitrogens with zero attached hydrogens (tertiary/aromatic N) is 3. The summed E-state index contributed by atoms with van der Waals surface area (Å²) < 4.78 is 10.5. The van der Waals surface area contributed by atoms with E-state index in [0.717, 1.165) is 11.3 Å². The summed E-state index contributed by atoms with van der Waals surface area (Å²) in [5.74, 6) is 1.30. The molecule has 0 unspecified atom stereocenters. The highest BCUT2D eigenvalue weighted by molar-refractivity contribution is 5.95. The Morgan fingerprint density at radius 2 is 1.83 bits per heavy atom. The number of nitrogens with one attached hydrogen (secondary N) is 1. The Kier molecular flexibility index (Phi) is 5.29. The van der Waals surface area contributed by atoms with Crippen LogP contribution in [0.4, 0.5) is 5.69 Å². The number of hydrogen-bond donors (Lipinski definition) is 1. The van der Waals surface area contributed by atoms with Crippen molar-refractivity contribution in [1.29, 1.82) is 0 Å². The maximum Gasteiger partial charge on any atom is 0.260 e. The number of carbonyl (C=O) groups excluding carboxylic acids is 1. The van der Waals surface area contributed by atoms with Crippen molar-refractivity contribution < 1.29 is 14.1 Å². The lowest BCUT2D eigenvalue weighted by Crippen LogP contribution is -2.15. The first-order chi connectivity index (χ1) is 14.2. The maximum absolute atomic E-state index is 12.5. The highest BCUT2D eigenvalue weighted by atomic mass is 16.5. The number of benzene rings is 2. The van der Waals surface area contributed by atoms with Gasteiger partial charge in [0.25, 0.3) is 5.89 Å². The zero-order chi connectivity index (χ0) is 20.1. The van der Waals surface area contributed by atoms with Gasteiger partial charge in [-0.15, -0.1) is 0 Å². The standard InChI is InChI=1S/C22H18N4O3/c1-28-16-11-9-15(10-12-16)14-20(27)24-18-7-3-2-6-17(18)22-25-21(26-29-22)19-8-4-5-13-23-19/h2-13H,14H2,1H3,(H,24,27). The van der Waals surface area contributed by atoms with Gasteiger partial charge in [0.2, 0.25) is 11.7 Å². The van der Waals surface area contributed by atoms with Crippen LogP contribution in [0.2, 0.25) is 0 Å². The molecule has 4 rings (SSSR count). The van der Waals surface area contributed by atoms with E-state index in [2.05, 4.69) is 20.4 Å². The predicted octanol–water partition coefficient (Wildman–Crippen LogP) is 3.99. The minimum Gasteiger partial charge on any atom is -0.497 e. The average molecular weight is 386 g/mol. The van der Waals surface area contributed by atoms with Gasteiger partial charge in [-0.2, -0.15) is 4.98 Å². The van der Waals surface area contributed by atoms with E-state index in [-0.39, 0.29) is 12.3 Å². The van der Waals surface area contributed by atoms with Crippen LogP contribution in [0.15, 0.2) is 77.4 Å². The summed E-state index contributed by atoms with van der Waals surface area (Å²) in [6.07, 6.45) is 1.90.